The molecule has 0 saturated carbocycles. The van der Waals surface area contributed by atoms with Gasteiger partial charge in [0.25, 0.3) is 11.5 Å². The molecule has 30 heavy (non-hydrogen) atoms. The first kappa shape index (κ1) is 21.3. The minimum absolute atomic E-state index is 0.0153. The van der Waals surface area contributed by atoms with Gasteiger partial charge in [-0.15, -0.1) is 0 Å². The van der Waals surface area contributed by atoms with Crippen molar-refractivity contribution >= 4 is 34.8 Å². The van der Waals surface area contributed by atoms with Crippen molar-refractivity contribution in [3.63, 3.8) is 0 Å². The van der Waals surface area contributed by atoms with Crippen LogP contribution in [0, 0.1) is 13.8 Å². The fourth-order valence-electron chi connectivity index (χ4n) is 2.66. The lowest BCUT2D eigenvalue weighted by atomic mass is 10.2. The molecule has 0 fully saturated rings. The first-order valence-corrected chi connectivity index (χ1v) is 9.72. The molecule has 0 unspecified atom stereocenters. The summed E-state index contributed by atoms with van der Waals surface area (Å²) in [5, 5.41) is 10.1. The quantitative estimate of drug-likeness (QED) is 0.629. The molecule has 0 aliphatic carbocycles. The topological polar surface area (TPSA) is 93.1 Å². The average molecular weight is 425 g/mol. The van der Waals surface area contributed by atoms with E-state index < -0.39 is 11.5 Å². The molecular formula is C22H21ClN4O3. The molecule has 1 heterocycles. The number of carbonyl (C=O) groups excluding carboxylic acids is 2. The van der Waals surface area contributed by atoms with Gasteiger partial charge in [0, 0.05) is 28.9 Å². The number of benzene rings is 2. The molecular weight excluding hydrogens is 404 g/mol. The number of amides is 2. The monoisotopic (exact) mass is 424 g/mol. The van der Waals surface area contributed by atoms with E-state index in [1.54, 1.807) is 30.3 Å². The highest BCUT2D eigenvalue weighted by Crippen LogP contribution is 2.20. The Kier molecular flexibility index (Phi) is 6.64. The van der Waals surface area contributed by atoms with Crippen molar-refractivity contribution in [2.24, 2.45) is 0 Å². The zero-order valence-corrected chi connectivity index (χ0v) is 17.4. The van der Waals surface area contributed by atoms with Crippen molar-refractivity contribution in [1.29, 1.82) is 0 Å². The van der Waals surface area contributed by atoms with Crippen LogP contribution in [0.5, 0.6) is 0 Å². The summed E-state index contributed by atoms with van der Waals surface area (Å²) in [6.45, 7) is 3.86. The lowest BCUT2D eigenvalue weighted by molar-refractivity contribution is -0.116. The molecule has 0 spiro atoms. The fraction of sp³-hybridized carbons (Fsp3) is 0.182. The number of anilines is 2. The van der Waals surface area contributed by atoms with E-state index >= 15 is 0 Å². The summed E-state index contributed by atoms with van der Waals surface area (Å²) < 4.78 is 1.10. The second-order valence-corrected chi connectivity index (χ2v) is 7.27. The van der Waals surface area contributed by atoms with Crippen LogP contribution in [0.3, 0.4) is 0 Å². The van der Waals surface area contributed by atoms with Crippen molar-refractivity contribution in [3.05, 3.63) is 86.8 Å². The smallest absolute Gasteiger partial charge is 0.276 e. The average Bonchev–Trinajstić information content (AvgIpc) is 2.72. The number of aryl methyl sites for hydroxylation is 3. The van der Waals surface area contributed by atoms with Crippen LogP contribution in [0.2, 0.25) is 5.02 Å². The zero-order chi connectivity index (χ0) is 21.7. The first-order valence-electron chi connectivity index (χ1n) is 9.34. The number of nitrogens with one attached hydrogen (secondary N) is 2. The van der Waals surface area contributed by atoms with Gasteiger partial charge in [0.1, 0.15) is 5.69 Å². The molecule has 2 aromatic carbocycles. The zero-order valence-electron chi connectivity index (χ0n) is 16.6. The summed E-state index contributed by atoms with van der Waals surface area (Å²) in [6, 6.07) is 15.2. The number of rotatable bonds is 6. The second-order valence-electron chi connectivity index (χ2n) is 6.86. The Balaban J connectivity index is 1.63. The molecule has 154 valence electrons. The highest BCUT2D eigenvalue weighted by Gasteiger charge is 2.11. The molecule has 7 nitrogen and oxygen atoms in total. The maximum atomic E-state index is 12.4. The van der Waals surface area contributed by atoms with E-state index in [9.17, 15) is 14.4 Å². The Morgan fingerprint density at radius 3 is 2.37 bits per heavy atom. The summed E-state index contributed by atoms with van der Waals surface area (Å²) in [5.74, 6) is -0.732. The summed E-state index contributed by atoms with van der Waals surface area (Å²) in [4.78, 5) is 36.7. The Labute approximate surface area is 178 Å². The number of hydrogen-bond acceptors (Lipinski definition) is 4. The molecule has 1 aromatic heterocycles. The predicted molar refractivity (Wildman–Crippen MR) is 117 cm³/mol. The van der Waals surface area contributed by atoms with Gasteiger partial charge in [0.15, 0.2) is 0 Å². The van der Waals surface area contributed by atoms with E-state index in [0.717, 1.165) is 15.8 Å². The van der Waals surface area contributed by atoms with Gasteiger partial charge in [-0.2, -0.15) is 5.10 Å². The van der Waals surface area contributed by atoms with Crippen molar-refractivity contribution in [2.75, 3.05) is 10.6 Å². The number of nitrogens with zero attached hydrogens (tertiary/aromatic N) is 2. The fourth-order valence-corrected chi connectivity index (χ4v) is 2.84. The van der Waals surface area contributed by atoms with Crippen LogP contribution >= 0.6 is 11.6 Å². The van der Waals surface area contributed by atoms with E-state index in [0.29, 0.717) is 16.4 Å². The number of aromatic nitrogens is 2. The largest absolute Gasteiger partial charge is 0.326 e. The predicted octanol–water partition coefficient (Wildman–Crippen LogP) is 3.79. The van der Waals surface area contributed by atoms with E-state index in [1.807, 2.05) is 26.0 Å². The summed E-state index contributed by atoms with van der Waals surface area (Å²) in [6.07, 6.45) is 0.0153. The minimum Gasteiger partial charge on any atom is -0.326 e. The molecule has 2 N–H and O–H groups in total. The summed E-state index contributed by atoms with van der Waals surface area (Å²) in [5.41, 5.74) is 2.87. The third-order valence-corrected chi connectivity index (χ3v) is 4.82. The SMILES string of the molecule is Cc1ccc(NC(=O)c2ccc(=O)n(CCC(=O)Nc3ccc(C)c(Cl)c3)n2)cc1. The van der Waals surface area contributed by atoms with Crippen LogP contribution in [-0.4, -0.2) is 21.6 Å². The van der Waals surface area contributed by atoms with Gasteiger partial charge in [0.2, 0.25) is 5.91 Å². The molecule has 0 radical (unpaired) electrons. The van der Waals surface area contributed by atoms with E-state index in [2.05, 4.69) is 15.7 Å². The Morgan fingerprint density at radius 1 is 0.967 bits per heavy atom. The van der Waals surface area contributed by atoms with Gasteiger partial charge in [-0.3, -0.25) is 14.4 Å². The van der Waals surface area contributed by atoms with Crippen LogP contribution in [0.1, 0.15) is 28.0 Å². The highest BCUT2D eigenvalue weighted by molar-refractivity contribution is 6.31. The molecule has 0 bridgehead atoms. The Bertz CT molecular complexity index is 1140. The van der Waals surface area contributed by atoms with Crippen molar-refractivity contribution in [1.82, 2.24) is 9.78 Å². The van der Waals surface area contributed by atoms with E-state index in [1.165, 1.54) is 12.1 Å². The van der Waals surface area contributed by atoms with E-state index in [-0.39, 0.29) is 24.6 Å². The van der Waals surface area contributed by atoms with Crippen LogP contribution in [-0.2, 0) is 11.3 Å². The standard InChI is InChI=1S/C22H21ClN4O3/c1-14-3-6-16(7-4-14)25-22(30)19-9-10-21(29)27(26-19)12-11-20(28)24-17-8-5-15(2)18(23)13-17/h3-10,13H,11-12H2,1-2H3,(H,24,28)(H,25,30). The van der Waals surface area contributed by atoms with Crippen LogP contribution in [0.25, 0.3) is 0 Å². The van der Waals surface area contributed by atoms with Crippen molar-refractivity contribution < 1.29 is 9.59 Å². The van der Waals surface area contributed by atoms with Crippen molar-refractivity contribution in [2.45, 2.75) is 26.8 Å². The van der Waals surface area contributed by atoms with Gasteiger partial charge < -0.3 is 10.6 Å². The summed E-state index contributed by atoms with van der Waals surface area (Å²) >= 11 is 6.06. The molecule has 0 atom stereocenters. The molecule has 0 saturated heterocycles. The second kappa shape index (κ2) is 9.37. The molecule has 3 rings (SSSR count). The highest BCUT2D eigenvalue weighted by atomic mass is 35.5. The lowest BCUT2D eigenvalue weighted by Crippen LogP contribution is -2.28. The van der Waals surface area contributed by atoms with Gasteiger partial charge in [0.05, 0.1) is 6.54 Å². The third kappa shape index (κ3) is 5.55. The molecule has 2 amide bonds. The van der Waals surface area contributed by atoms with Crippen LogP contribution in [0.15, 0.2) is 59.4 Å². The Hall–Kier alpha value is -3.45. The maximum absolute atomic E-state index is 12.4. The normalized spacial score (nSPS) is 10.5. The van der Waals surface area contributed by atoms with Gasteiger partial charge in [-0.25, -0.2) is 4.68 Å². The van der Waals surface area contributed by atoms with Gasteiger partial charge in [-0.05, 0) is 49.7 Å². The van der Waals surface area contributed by atoms with Gasteiger partial charge in [-0.1, -0.05) is 35.4 Å². The van der Waals surface area contributed by atoms with Gasteiger partial charge >= 0.3 is 0 Å². The molecule has 0 aliphatic heterocycles. The minimum atomic E-state index is -0.439. The van der Waals surface area contributed by atoms with E-state index in [4.69, 9.17) is 11.6 Å². The molecule has 8 heteroatoms. The van der Waals surface area contributed by atoms with Crippen molar-refractivity contribution in [3.8, 4) is 0 Å². The molecule has 0 aliphatic rings. The van der Waals surface area contributed by atoms with Crippen LogP contribution < -0.4 is 16.2 Å². The summed E-state index contributed by atoms with van der Waals surface area (Å²) in [7, 11) is 0. The Morgan fingerprint density at radius 2 is 1.67 bits per heavy atom. The number of carbonyl (C=O) groups is 2. The van der Waals surface area contributed by atoms with Crippen LogP contribution in [0.4, 0.5) is 11.4 Å². The number of halogens is 1. The first-order chi connectivity index (χ1) is 14.3. The maximum Gasteiger partial charge on any atom is 0.276 e. The third-order valence-electron chi connectivity index (χ3n) is 4.41. The number of hydrogen-bond donors (Lipinski definition) is 2. The lowest BCUT2D eigenvalue weighted by Gasteiger charge is -2.09. The molecule has 3 aromatic rings.